The van der Waals surface area contributed by atoms with E-state index in [4.69, 9.17) is 0 Å². The van der Waals surface area contributed by atoms with E-state index in [0.717, 1.165) is 0 Å². The van der Waals surface area contributed by atoms with Gasteiger partial charge in [-0.05, 0) is 96.5 Å². The second-order valence-electron chi connectivity index (χ2n) is 13.6. The zero-order valence-electron chi connectivity index (χ0n) is 31.5. The maximum atomic E-state index is 3.67. The van der Waals surface area contributed by atoms with Crippen LogP contribution in [0, 0.1) is 13.8 Å². The number of fused-ring (bicyclic) bond motifs is 3. The molecule has 0 fully saturated rings. The average molecular weight is 688 g/mol. The van der Waals surface area contributed by atoms with Gasteiger partial charge in [0.25, 0.3) is 0 Å². The molecule has 0 amide bonds. The molecule has 0 N–H and O–H groups in total. The zero-order valence-corrected chi connectivity index (χ0v) is 31.5. The summed E-state index contributed by atoms with van der Waals surface area (Å²) in [4.78, 5) is 0. The Kier molecular flexibility index (Phi) is 12.3. The van der Waals surface area contributed by atoms with Gasteiger partial charge in [0.15, 0.2) is 0 Å². The van der Waals surface area contributed by atoms with Crippen LogP contribution in [0.5, 0.6) is 0 Å². The van der Waals surface area contributed by atoms with Crippen LogP contribution in [-0.2, 0) is 6.42 Å². The third kappa shape index (κ3) is 9.19. The molecule has 1 heteroatoms. The largest absolute Gasteiger partial charge is 0.309 e. The predicted molar refractivity (Wildman–Crippen MR) is 232 cm³/mol. The summed E-state index contributed by atoms with van der Waals surface area (Å²) < 4.78 is 2.38. The van der Waals surface area contributed by atoms with Crippen LogP contribution in [0.25, 0.3) is 55.3 Å². The minimum absolute atomic E-state index is 1.18. The van der Waals surface area contributed by atoms with Crippen molar-refractivity contribution in [3.8, 4) is 27.9 Å². The monoisotopic (exact) mass is 687 g/mol. The van der Waals surface area contributed by atoms with Gasteiger partial charge in [0.1, 0.15) is 0 Å². The minimum atomic E-state index is 1.18. The number of hydrogen-bond donors (Lipinski definition) is 0. The lowest BCUT2D eigenvalue weighted by Gasteiger charge is -2.11. The maximum Gasteiger partial charge on any atom is 0.0541 e. The lowest BCUT2D eigenvalue weighted by molar-refractivity contribution is 0.922. The molecule has 0 unspecified atom stereocenters. The number of aromatic nitrogens is 1. The Bertz CT molecular complexity index is 2410. The van der Waals surface area contributed by atoms with Crippen molar-refractivity contribution in [2.45, 2.75) is 40.5 Å². The van der Waals surface area contributed by atoms with Gasteiger partial charge in [0, 0.05) is 16.5 Å². The molecular formula is C52H49N. The molecule has 8 rings (SSSR count). The third-order valence-electron chi connectivity index (χ3n) is 9.53. The summed E-state index contributed by atoms with van der Waals surface area (Å²) in [5.74, 6) is 0. The molecule has 0 bridgehead atoms. The minimum Gasteiger partial charge on any atom is -0.309 e. The standard InChI is InChI=1S/C31H23N.C12H14.C9H12/c1-22-14-16-24(17-15-22)26-18-19-31-29(21-26)28-12-5-6-13-30(28)32(31)27-11-7-10-25(20-27)23-8-3-2-4-9-23;1-4-5-11(3)12-8-6-10(2)7-9-12;1-2-6-9-7-4-3-5-8-9/h2-21H,1H3;4-9H,1H2,2-3H3;3-5,7-8H,2,6H2,1H3/b;11-5+;. The Morgan fingerprint density at radius 3 is 1.75 bits per heavy atom. The number of rotatable bonds is 7. The van der Waals surface area contributed by atoms with E-state index >= 15 is 0 Å². The first-order valence-electron chi connectivity index (χ1n) is 18.6. The molecule has 0 saturated carbocycles. The van der Waals surface area contributed by atoms with Crippen LogP contribution in [0.15, 0.2) is 195 Å². The van der Waals surface area contributed by atoms with E-state index in [0.29, 0.717) is 0 Å². The Hall–Kier alpha value is -6.18. The van der Waals surface area contributed by atoms with Gasteiger partial charge in [-0.1, -0.05) is 189 Å². The van der Waals surface area contributed by atoms with Crippen molar-refractivity contribution in [2.75, 3.05) is 0 Å². The Balaban J connectivity index is 0.000000187. The van der Waals surface area contributed by atoms with Crippen molar-refractivity contribution < 1.29 is 0 Å². The van der Waals surface area contributed by atoms with Crippen LogP contribution in [0.4, 0.5) is 0 Å². The first-order valence-corrected chi connectivity index (χ1v) is 18.6. The second kappa shape index (κ2) is 17.8. The molecule has 53 heavy (non-hydrogen) atoms. The molecule has 0 radical (unpaired) electrons. The van der Waals surface area contributed by atoms with Gasteiger partial charge < -0.3 is 4.57 Å². The van der Waals surface area contributed by atoms with Crippen LogP contribution in [0.3, 0.4) is 0 Å². The fourth-order valence-corrected chi connectivity index (χ4v) is 6.65. The number of para-hydroxylation sites is 1. The summed E-state index contributed by atoms with van der Waals surface area (Å²) in [6, 6.07) is 62.8. The lowest BCUT2D eigenvalue weighted by Crippen LogP contribution is -1.94. The van der Waals surface area contributed by atoms with Gasteiger partial charge in [0.05, 0.1) is 11.0 Å². The van der Waals surface area contributed by atoms with E-state index in [1.54, 1.807) is 0 Å². The first kappa shape index (κ1) is 36.6. The number of nitrogens with zero attached hydrogens (tertiary/aromatic N) is 1. The molecule has 0 spiro atoms. The number of aryl methyl sites for hydroxylation is 3. The van der Waals surface area contributed by atoms with Gasteiger partial charge in [-0.15, -0.1) is 0 Å². The second-order valence-corrected chi connectivity index (χ2v) is 13.6. The molecular weight excluding hydrogens is 639 g/mol. The molecule has 0 aliphatic heterocycles. The molecule has 0 saturated heterocycles. The van der Waals surface area contributed by atoms with Gasteiger partial charge in [-0.25, -0.2) is 0 Å². The zero-order chi connectivity index (χ0) is 37.0. The van der Waals surface area contributed by atoms with Crippen molar-refractivity contribution in [3.63, 3.8) is 0 Å². The molecule has 0 atom stereocenters. The number of allylic oxidation sites excluding steroid dienone is 3. The molecule has 7 aromatic carbocycles. The van der Waals surface area contributed by atoms with Gasteiger partial charge in [-0.2, -0.15) is 0 Å². The van der Waals surface area contributed by atoms with E-state index in [2.05, 4.69) is 215 Å². The van der Waals surface area contributed by atoms with Crippen LogP contribution in [-0.4, -0.2) is 4.57 Å². The molecule has 1 nitrogen and oxygen atoms in total. The van der Waals surface area contributed by atoms with E-state index in [1.807, 2.05) is 12.2 Å². The summed E-state index contributed by atoms with van der Waals surface area (Å²) in [5, 5.41) is 2.56. The fraction of sp³-hybridized carbons (Fsp3) is 0.115. The van der Waals surface area contributed by atoms with E-state index < -0.39 is 0 Å². The highest BCUT2D eigenvalue weighted by atomic mass is 15.0. The predicted octanol–water partition coefficient (Wildman–Crippen LogP) is 14.6. The first-order chi connectivity index (χ1) is 25.9. The Morgan fingerprint density at radius 2 is 1.08 bits per heavy atom. The molecule has 0 aliphatic rings. The summed E-state index contributed by atoms with van der Waals surface area (Å²) >= 11 is 0. The van der Waals surface area contributed by atoms with Crippen LogP contribution < -0.4 is 0 Å². The van der Waals surface area contributed by atoms with E-state index in [-0.39, 0.29) is 0 Å². The SMILES string of the molecule is C=C/C=C(\C)c1ccc(C)cc1.CCCc1ccccc1.Cc1ccc(-c2ccc3c(c2)c2ccccc2n3-c2cccc(-c3ccccc3)c2)cc1. The molecule has 262 valence electrons. The summed E-state index contributed by atoms with van der Waals surface area (Å²) in [6.45, 7) is 12.2. The highest BCUT2D eigenvalue weighted by Gasteiger charge is 2.13. The number of hydrogen-bond acceptors (Lipinski definition) is 0. The van der Waals surface area contributed by atoms with E-state index in [9.17, 15) is 0 Å². The summed E-state index contributed by atoms with van der Waals surface area (Å²) in [7, 11) is 0. The lowest BCUT2D eigenvalue weighted by atomic mass is 10.0. The fourth-order valence-electron chi connectivity index (χ4n) is 6.65. The topological polar surface area (TPSA) is 4.93 Å². The molecule has 1 heterocycles. The van der Waals surface area contributed by atoms with Gasteiger partial charge in [0.2, 0.25) is 0 Å². The van der Waals surface area contributed by atoms with Crippen LogP contribution in [0.2, 0.25) is 0 Å². The summed E-state index contributed by atoms with van der Waals surface area (Å²) in [5.41, 5.74) is 15.1. The molecule has 0 aliphatic carbocycles. The van der Waals surface area contributed by atoms with Crippen molar-refractivity contribution in [1.82, 2.24) is 4.57 Å². The van der Waals surface area contributed by atoms with Crippen molar-refractivity contribution in [2.24, 2.45) is 0 Å². The Morgan fingerprint density at radius 1 is 0.528 bits per heavy atom. The number of benzene rings is 7. The highest BCUT2D eigenvalue weighted by molar-refractivity contribution is 6.10. The van der Waals surface area contributed by atoms with Crippen molar-refractivity contribution >= 4 is 27.4 Å². The smallest absolute Gasteiger partial charge is 0.0541 e. The molecule has 8 aromatic rings. The molecule has 1 aromatic heterocycles. The van der Waals surface area contributed by atoms with Crippen LogP contribution in [0.1, 0.15) is 42.5 Å². The van der Waals surface area contributed by atoms with Crippen molar-refractivity contribution in [1.29, 1.82) is 0 Å². The normalized spacial score (nSPS) is 11.0. The van der Waals surface area contributed by atoms with Crippen molar-refractivity contribution in [3.05, 3.63) is 217 Å². The maximum absolute atomic E-state index is 3.67. The Labute approximate surface area is 316 Å². The van der Waals surface area contributed by atoms with E-state index in [1.165, 1.54) is 90.4 Å². The average Bonchev–Trinajstić information content (AvgIpc) is 3.54. The van der Waals surface area contributed by atoms with Gasteiger partial charge in [-0.3, -0.25) is 0 Å². The van der Waals surface area contributed by atoms with Gasteiger partial charge >= 0.3 is 0 Å². The highest BCUT2D eigenvalue weighted by Crippen LogP contribution is 2.35. The van der Waals surface area contributed by atoms with Crippen LogP contribution >= 0.6 is 0 Å². The summed E-state index contributed by atoms with van der Waals surface area (Å²) in [6.07, 6.45) is 6.28. The quantitative estimate of drug-likeness (QED) is 0.147. The third-order valence-corrected chi connectivity index (χ3v) is 9.53.